The summed E-state index contributed by atoms with van der Waals surface area (Å²) < 4.78 is 88.5. The molecule has 0 unspecified atom stereocenters. The van der Waals surface area contributed by atoms with E-state index in [4.69, 9.17) is 0 Å². The van der Waals surface area contributed by atoms with E-state index in [0.717, 1.165) is 10.6 Å². The van der Waals surface area contributed by atoms with Crippen LogP contribution in [-0.2, 0) is 31.0 Å². The predicted molar refractivity (Wildman–Crippen MR) is 180 cm³/mol. The number of pyridine rings is 1. The number of rotatable bonds is 8. The van der Waals surface area contributed by atoms with Gasteiger partial charge >= 0.3 is 12.1 Å². The number of hydrogen-bond donors (Lipinski definition) is 2. The van der Waals surface area contributed by atoms with Crippen molar-refractivity contribution in [2.24, 2.45) is 7.05 Å². The van der Waals surface area contributed by atoms with Gasteiger partial charge in [0, 0.05) is 51.3 Å². The lowest BCUT2D eigenvalue weighted by Gasteiger charge is -2.31. The van der Waals surface area contributed by atoms with Crippen molar-refractivity contribution in [2.45, 2.75) is 50.9 Å². The van der Waals surface area contributed by atoms with E-state index in [1.165, 1.54) is 62.5 Å². The molecule has 7 nitrogen and oxygen atoms in total. The maximum atomic E-state index is 15.1. The van der Waals surface area contributed by atoms with Gasteiger partial charge in [0.1, 0.15) is 11.9 Å². The molecule has 1 fully saturated rings. The summed E-state index contributed by atoms with van der Waals surface area (Å²) in [7, 11) is 1.37. The Labute approximate surface area is 288 Å². The fourth-order valence-corrected chi connectivity index (χ4v) is 6.87. The van der Waals surface area contributed by atoms with Gasteiger partial charge in [-0.15, -0.1) is 0 Å². The van der Waals surface area contributed by atoms with Crippen LogP contribution in [0.25, 0.3) is 32.8 Å². The van der Waals surface area contributed by atoms with Crippen molar-refractivity contribution >= 4 is 33.6 Å². The summed E-state index contributed by atoms with van der Waals surface area (Å²) >= 11 is 0. The van der Waals surface area contributed by atoms with Crippen molar-refractivity contribution in [3.63, 3.8) is 0 Å². The van der Waals surface area contributed by atoms with E-state index in [1.54, 1.807) is 23.1 Å². The highest BCUT2D eigenvalue weighted by Crippen LogP contribution is 2.42. The Hall–Kier alpha value is -5.17. The standard InChI is InChI=1S/C38H33F6N3O4/c1-21-6-3-11-28(39)31(21)34(48)45-29(36(50)51)19-23-7-4-9-25-24(23)8-5-10-26(25)32-33(38(42,43)44)27-18-22(12-13-30(27)46(2)35(32)49)20-47-16-14-37(40,41)15-17-47/h3-13,18,29H,14-17,19-20H2,1-2H3,(H,45,48)(H,50,51)/t29-/m0/s1. The molecule has 1 aromatic heterocycles. The molecule has 1 aliphatic rings. The number of hydrogen-bond acceptors (Lipinski definition) is 4. The lowest BCUT2D eigenvalue weighted by atomic mass is 9.90. The van der Waals surface area contributed by atoms with Crippen LogP contribution in [0.5, 0.6) is 0 Å². The molecule has 2 N–H and O–H groups in total. The quantitative estimate of drug-likeness (QED) is 0.163. The molecule has 4 aromatic carbocycles. The number of nitrogens with zero attached hydrogens (tertiary/aromatic N) is 2. The third-order valence-corrected chi connectivity index (χ3v) is 9.50. The first-order chi connectivity index (χ1) is 24.1. The SMILES string of the molecule is Cc1cccc(F)c1C(=O)N[C@@H](Cc1cccc2c(-c3c(C(F)(F)F)c4cc(CN5CCC(F)(F)CC5)ccc4n(C)c3=O)cccc12)C(=O)O. The second-order valence-electron chi connectivity index (χ2n) is 12.9. The number of likely N-dealkylation sites (tertiary alicyclic amines) is 1. The largest absolute Gasteiger partial charge is 0.480 e. The summed E-state index contributed by atoms with van der Waals surface area (Å²) in [4.78, 5) is 40.9. The summed E-state index contributed by atoms with van der Waals surface area (Å²) in [5.74, 6) is -5.96. The van der Waals surface area contributed by atoms with Gasteiger partial charge in [-0.2, -0.15) is 13.2 Å². The van der Waals surface area contributed by atoms with Gasteiger partial charge < -0.3 is 15.0 Å². The van der Waals surface area contributed by atoms with Crippen LogP contribution in [0.4, 0.5) is 26.3 Å². The molecule has 2 heterocycles. The van der Waals surface area contributed by atoms with Gasteiger partial charge in [0.2, 0.25) is 0 Å². The number of piperidine rings is 1. The van der Waals surface area contributed by atoms with Crippen LogP contribution in [0.1, 0.15) is 45.5 Å². The van der Waals surface area contributed by atoms with Crippen molar-refractivity contribution in [2.75, 3.05) is 13.1 Å². The highest BCUT2D eigenvalue weighted by molar-refractivity contribution is 6.02. The molecule has 0 spiro atoms. The molecule has 5 aromatic rings. The van der Waals surface area contributed by atoms with Crippen LogP contribution >= 0.6 is 0 Å². The Morgan fingerprint density at radius 2 is 1.61 bits per heavy atom. The maximum Gasteiger partial charge on any atom is 0.417 e. The number of benzene rings is 4. The molecule has 1 saturated heterocycles. The minimum Gasteiger partial charge on any atom is -0.480 e. The van der Waals surface area contributed by atoms with Crippen molar-refractivity contribution in [1.29, 1.82) is 0 Å². The van der Waals surface area contributed by atoms with Crippen molar-refractivity contribution in [3.8, 4) is 11.1 Å². The van der Waals surface area contributed by atoms with Crippen LogP contribution < -0.4 is 10.9 Å². The summed E-state index contributed by atoms with van der Waals surface area (Å²) in [5.41, 5.74) is -1.85. The van der Waals surface area contributed by atoms with E-state index < -0.39 is 52.5 Å². The number of carbonyl (C=O) groups is 2. The fourth-order valence-electron chi connectivity index (χ4n) is 6.87. The summed E-state index contributed by atoms with van der Waals surface area (Å²) in [6.07, 6.45) is -5.99. The Balaban J connectivity index is 1.44. The summed E-state index contributed by atoms with van der Waals surface area (Å²) in [6.45, 7) is 1.83. The molecule has 1 atom stereocenters. The van der Waals surface area contributed by atoms with E-state index in [0.29, 0.717) is 22.1 Å². The first-order valence-electron chi connectivity index (χ1n) is 16.2. The van der Waals surface area contributed by atoms with Gasteiger partial charge in [0.15, 0.2) is 0 Å². The molecule has 6 rings (SSSR count). The van der Waals surface area contributed by atoms with Crippen LogP contribution in [0, 0.1) is 12.7 Å². The van der Waals surface area contributed by atoms with Gasteiger partial charge in [-0.1, -0.05) is 54.6 Å². The predicted octanol–water partition coefficient (Wildman–Crippen LogP) is 7.48. The van der Waals surface area contributed by atoms with E-state index in [9.17, 15) is 32.7 Å². The molecule has 13 heteroatoms. The van der Waals surface area contributed by atoms with Crippen LogP contribution in [0.15, 0.2) is 77.6 Å². The Morgan fingerprint density at radius 1 is 0.941 bits per heavy atom. The number of carbonyl (C=O) groups excluding carboxylic acids is 1. The summed E-state index contributed by atoms with van der Waals surface area (Å²) in [5, 5.41) is 12.7. The molecule has 51 heavy (non-hydrogen) atoms. The number of alkyl halides is 5. The number of nitrogens with one attached hydrogen (secondary N) is 1. The zero-order valence-electron chi connectivity index (χ0n) is 27.6. The number of carboxylic acids is 1. The first-order valence-corrected chi connectivity index (χ1v) is 16.2. The number of aliphatic carboxylic acids is 1. The maximum absolute atomic E-state index is 15.1. The first kappa shape index (κ1) is 35.6. The number of halogens is 6. The zero-order chi connectivity index (χ0) is 36.8. The molecule has 266 valence electrons. The van der Waals surface area contributed by atoms with Crippen molar-refractivity contribution in [1.82, 2.24) is 14.8 Å². The number of fused-ring (bicyclic) bond motifs is 2. The molecule has 0 radical (unpaired) electrons. The van der Waals surface area contributed by atoms with E-state index in [2.05, 4.69) is 5.32 Å². The Bertz CT molecular complexity index is 2220. The Kier molecular flexibility index (Phi) is 9.45. The van der Waals surface area contributed by atoms with Crippen LogP contribution in [0.3, 0.4) is 0 Å². The van der Waals surface area contributed by atoms with Crippen molar-refractivity contribution < 1.29 is 41.0 Å². The zero-order valence-corrected chi connectivity index (χ0v) is 27.6. The number of aromatic nitrogens is 1. The topological polar surface area (TPSA) is 91.6 Å². The second-order valence-corrected chi connectivity index (χ2v) is 12.9. The molecule has 1 amide bonds. The average molecular weight is 710 g/mol. The molecular formula is C38H33F6N3O4. The third-order valence-electron chi connectivity index (χ3n) is 9.50. The van der Waals surface area contributed by atoms with Gasteiger partial charge in [0.25, 0.3) is 17.4 Å². The number of aryl methyl sites for hydroxylation is 2. The second kappa shape index (κ2) is 13.5. The monoisotopic (exact) mass is 709 g/mol. The average Bonchev–Trinajstić information content (AvgIpc) is 3.06. The molecule has 1 aliphatic heterocycles. The minimum atomic E-state index is -4.99. The van der Waals surface area contributed by atoms with Crippen LogP contribution in [-0.4, -0.2) is 51.5 Å². The highest BCUT2D eigenvalue weighted by atomic mass is 19.4. The van der Waals surface area contributed by atoms with Gasteiger partial charge in [-0.25, -0.2) is 18.0 Å². The normalized spacial score (nSPS) is 15.6. The molecule has 0 saturated carbocycles. The minimum absolute atomic E-state index is 0.0364. The van der Waals surface area contributed by atoms with E-state index in [-0.39, 0.29) is 66.3 Å². The Morgan fingerprint density at radius 3 is 2.27 bits per heavy atom. The lowest BCUT2D eigenvalue weighted by Crippen LogP contribution is -2.42. The van der Waals surface area contributed by atoms with Gasteiger partial charge in [-0.3, -0.25) is 14.5 Å². The smallest absolute Gasteiger partial charge is 0.417 e. The van der Waals surface area contributed by atoms with Gasteiger partial charge in [-0.05, 0) is 58.1 Å². The van der Waals surface area contributed by atoms with Crippen molar-refractivity contribution in [3.05, 3.63) is 117 Å². The highest BCUT2D eigenvalue weighted by Gasteiger charge is 2.39. The molecule has 0 aliphatic carbocycles. The number of amides is 1. The third kappa shape index (κ3) is 7.07. The fraction of sp³-hybridized carbons (Fsp3) is 0.289. The molecular weight excluding hydrogens is 676 g/mol. The molecule has 0 bridgehead atoms. The number of carboxylic acid groups (broad SMARTS) is 1. The lowest BCUT2D eigenvalue weighted by molar-refractivity contribution is -0.139. The van der Waals surface area contributed by atoms with Crippen LogP contribution in [0.2, 0.25) is 0 Å². The summed E-state index contributed by atoms with van der Waals surface area (Å²) in [6, 6.07) is 15.9. The van der Waals surface area contributed by atoms with Gasteiger partial charge in [0.05, 0.1) is 22.2 Å². The van der Waals surface area contributed by atoms with E-state index in [1.807, 2.05) is 0 Å². The van der Waals surface area contributed by atoms with E-state index >= 15 is 13.2 Å².